The number of aromatic nitrogens is 1. The largest absolute Gasteiger partial charge is 0.451 e. The number of benzene rings is 1. The molecule has 0 atom stereocenters. The van der Waals surface area contributed by atoms with Crippen LogP contribution in [0.4, 0.5) is 10.8 Å². The number of halogens is 1. The molecule has 23 heavy (non-hydrogen) atoms. The topological polar surface area (TPSA) is 97.4 Å². The number of rotatable bonds is 5. The maximum absolute atomic E-state index is 11.8. The number of carbonyl (C=O) groups excluding carboxylic acids is 3. The molecule has 0 saturated heterocycles. The van der Waals surface area contributed by atoms with Crippen LogP contribution in [0.25, 0.3) is 0 Å². The number of esters is 1. The lowest BCUT2D eigenvalue weighted by atomic mass is 10.3. The van der Waals surface area contributed by atoms with Gasteiger partial charge in [0.25, 0.3) is 5.91 Å². The maximum Gasteiger partial charge on any atom is 0.358 e. The van der Waals surface area contributed by atoms with Crippen molar-refractivity contribution in [2.24, 2.45) is 0 Å². The number of nitrogens with one attached hydrogen (secondary N) is 2. The Hall–Kier alpha value is -2.45. The summed E-state index contributed by atoms with van der Waals surface area (Å²) in [6.45, 7) is 0.873. The fraction of sp³-hybridized carbons (Fsp3) is 0.143. The van der Waals surface area contributed by atoms with E-state index in [4.69, 9.17) is 16.3 Å². The molecule has 120 valence electrons. The van der Waals surface area contributed by atoms with Crippen LogP contribution >= 0.6 is 22.9 Å². The lowest BCUT2D eigenvalue weighted by molar-refractivity contribution is -0.119. The second-order valence-corrected chi connectivity index (χ2v) is 5.65. The van der Waals surface area contributed by atoms with Crippen LogP contribution in [0, 0.1) is 0 Å². The van der Waals surface area contributed by atoms with Gasteiger partial charge in [-0.05, 0) is 18.2 Å². The molecular weight excluding hydrogens is 342 g/mol. The van der Waals surface area contributed by atoms with E-state index >= 15 is 0 Å². The molecule has 0 aliphatic rings. The molecule has 0 saturated carbocycles. The molecule has 2 N–H and O–H groups in total. The van der Waals surface area contributed by atoms with Crippen molar-refractivity contribution in [1.82, 2.24) is 4.98 Å². The summed E-state index contributed by atoms with van der Waals surface area (Å²) in [6.07, 6.45) is 0. The standard InChI is InChI=1S/C14H12ClN3O4S/c1-8(19)16-14-18-11(7-23-14)13(21)22-6-12(20)17-10-4-2-3-9(15)5-10/h2-5,7H,6H2,1H3,(H,17,20)(H,16,18,19). The van der Waals surface area contributed by atoms with Crippen LogP contribution < -0.4 is 10.6 Å². The zero-order chi connectivity index (χ0) is 16.8. The number of carbonyl (C=O) groups is 3. The van der Waals surface area contributed by atoms with Gasteiger partial charge in [0.15, 0.2) is 17.4 Å². The highest BCUT2D eigenvalue weighted by molar-refractivity contribution is 7.14. The van der Waals surface area contributed by atoms with Crippen LogP contribution in [0.2, 0.25) is 5.02 Å². The SMILES string of the molecule is CC(=O)Nc1nc(C(=O)OCC(=O)Nc2cccc(Cl)c2)cs1. The molecule has 0 fully saturated rings. The molecule has 9 heteroatoms. The minimum absolute atomic E-state index is 0.0225. The van der Waals surface area contributed by atoms with E-state index in [1.807, 2.05) is 0 Å². The summed E-state index contributed by atoms with van der Waals surface area (Å²) in [5.41, 5.74) is 0.523. The highest BCUT2D eigenvalue weighted by Gasteiger charge is 2.14. The Labute approximate surface area is 140 Å². The molecule has 0 aliphatic carbocycles. The van der Waals surface area contributed by atoms with E-state index in [0.29, 0.717) is 10.7 Å². The Morgan fingerprint density at radius 3 is 2.78 bits per heavy atom. The number of hydrogen-bond acceptors (Lipinski definition) is 6. The molecule has 2 rings (SSSR count). The number of amides is 2. The fourth-order valence-electron chi connectivity index (χ4n) is 1.54. The second kappa shape index (κ2) is 7.70. The van der Waals surface area contributed by atoms with Crippen LogP contribution in [-0.2, 0) is 14.3 Å². The number of nitrogens with zero attached hydrogens (tertiary/aromatic N) is 1. The summed E-state index contributed by atoms with van der Waals surface area (Å²) in [7, 11) is 0. The lowest BCUT2D eigenvalue weighted by Crippen LogP contribution is -2.21. The number of hydrogen-bond donors (Lipinski definition) is 2. The Morgan fingerprint density at radius 2 is 2.09 bits per heavy atom. The molecule has 0 spiro atoms. The molecule has 7 nitrogen and oxygen atoms in total. The third-order valence-electron chi connectivity index (χ3n) is 2.44. The van der Waals surface area contributed by atoms with Gasteiger partial charge in [-0.25, -0.2) is 9.78 Å². The van der Waals surface area contributed by atoms with Crippen LogP contribution in [0.5, 0.6) is 0 Å². The van der Waals surface area contributed by atoms with Gasteiger partial charge in [0, 0.05) is 23.0 Å². The van der Waals surface area contributed by atoms with Gasteiger partial charge in [0.1, 0.15) is 0 Å². The van der Waals surface area contributed by atoms with Gasteiger partial charge >= 0.3 is 5.97 Å². The van der Waals surface area contributed by atoms with Gasteiger partial charge < -0.3 is 15.4 Å². The molecule has 0 radical (unpaired) electrons. The van der Waals surface area contributed by atoms with Crippen LogP contribution in [0.1, 0.15) is 17.4 Å². The van der Waals surface area contributed by atoms with Crippen molar-refractivity contribution in [1.29, 1.82) is 0 Å². The summed E-state index contributed by atoms with van der Waals surface area (Å²) in [4.78, 5) is 38.2. The molecule has 0 unspecified atom stereocenters. The summed E-state index contributed by atoms with van der Waals surface area (Å²) in [5, 5.41) is 7.19. The third kappa shape index (κ3) is 5.35. The predicted octanol–water partition coefficient (Wildman–Crippen LogP) is 2.55. The van der Waals surface area contributed by atoms with E-state index in [0.717, 1.165) is 11.3 Å². The Balaban J connectivity index is 1.85. The molecule has 1 heterocycles. The smallest absolute Gasteiger partial charge is 0.358 e. The van der Waals surface area contributed by atoms with Gasteiger partial charge in [-0.2, -0.15) is 0 Å². The van der Waals surface area contributed by atoms with E-state index in [9.17, 15) is 14.4 Å². The van der Waals surface area contributed by atoms with Crippen molar-refractivity contribution in [3.8, 4) is 0 Å². The van der Waals surface area contributed by atoms with Crippen LogP contribution in [0.3, 0.4) is 0 Å². The van der Waals surface area contributed by atoms with E-state index < -0.39 is 18.5 Å². The van der Waals surface area contributed by atoms with Crippen LogP contribution in [-0.4, -0.2) is 29.4 Å². The molecule has 2 amide bonds. The minimum atomic E-state index is -0.751. The zero-order valence-corrected chi connectivity index (χ0v) is 13.5. The highest BCUT2D eigenvalue weighted by atomic mass is 35.5. The first-order valence-corrected chi connectivity index (χ1v) is 7.65. The lowest BCUT2D eigenvalue weighted by Gasteiger charge is -2.06. The van der Waals surface area contributed by atoms with Gasteiger partial charge in [-0.1, -0.05) is 17.7 Å². The van der Waals surface area contributed by atoms with Crippen molar-refractivity contribution in [2.75, 3.05) is 17.2 Å². The first-order chi connectivity index (χ1) is 10.9. The van der Waals surface area contributed by atoms with Crippen molar-refractivity contribution in [2.45, 2.75) is 6.92 Å². The summed E-state index contributed by atoms with van der Waals surface area (Å²) in [6, 6.07) is 6.59. The van der Waals surface area contributed by atoms with E-state index in [-0.39, 0.29) is 16.7 Å². The summed E-state index contributed by atoms with van der Waals surface area (Å²) < 4.78 is 4.86. The second-order valence-electron chi connectivity index (χ2n) is 4.35. The van der Waals surface area contributed by atoms with E-state index in [2.05, 4.69) is 15.6 Å². The molecule has 2 aromatic rings. The van der Waals surface area contributed by atoms with Gasteiger partial charge in [-0.3, -0.25) is 9.59 Å². The molecular formula is C14H12ClN3O4S. The van der Waals surface area contributed by atoms with Crippen molar-refractivity contribution in [3.05, 3.63) is 40.4 Å². The number of anilines is 2. The van der Waals surface area contributed by atoms with Gasteiger partial charge in [-0.15, -0.1) is 11.3 Å². The Kier molecular flexibility index (Phi) is 5.67. The quantitative estimate of drug-likeness (QED) is 0.805. The first kappa shape index (κ1) is 16.9. The van der Waals surface area contributed by atoms with Gasteiger partial charge in [0.05, 0.1) is 0 Å². The molecule has 1 aromatic heterocycles. The third-order valence-corrected chi connectivity index (χ3v) is 3.43. The Bertz CT molecular complexity index is 747. The fourth-order valence-corrected chi connectivity index (χ4v) is 2.46. The van der Waals surface area contributed by atoms with E-state index in [1.165, 1.54) is 12.3 Å². The van der Waals surface area contributed by atoms with Crippen molar-refractivity contribution in [3.63, 3.8) is 0 Å². The average molecular weight is 354 g/mol. The maximum atomic E-state index is 11.8. The van der Waals surface area contributed by atoms with E-state index in [1.54, 1.807) is 24.3 Å². The zero-order valence-electron chi connectivity index (χ0n) is 12.0. The normalized spacial score (nSPS) is 10.0. The average Bonchev–Trinajstić information content (AvgIpc) is 2.92. The summed E-state index contributed by atoms with van der Waals surface area (Å²) in [5.74, 6) is -1.54. The minimum Gasteiger partial charge on any atom is -0.451 e. The molecule has 0 aliphatic heterocycles. The number of ether oxygens (including phenoxy) is 1. The highest BCUT2D eigenvalue weighted by Crippen LogP contribution is 2.16. The first-order valence-electron chi connectivity index (χ1n) is 6.39. The van der Waals surface area contributed by atoms with Crippen LogP contribution in [0.15, 0.2) is 29.6 Å². The van der Waals surface area contributed by atoms with Crippen molar-refractivity contribution < 1.29 is 19.1 Å². The summed E-state index contributed by atoms with van der Waals surface area (Å²) >= 11 is 6.89. The van der Waals surface area contributed by atoms with Crippen molar-refractivity contribution >= 4 is 51.5 Å². The number of thiazole rings is 1. The molecule has 0 bridgehead atoms. The molecule has 1 aromatic carbocycles. The Morgan fingerprint density at radius 1 is 1.30 bits per heavy atom. The van der Waals surface area contributed by atoms with Gasteiger partial charge in [0.2, 0.25) is 5.91 Å². The monoisotopic (exact) mass is 353 g/mol. The predicted molar refractivity (Wildman–Crippen MR) is 86.8 cm³/mol.